The van der Waals surface area contributed by atoms with Gasteiger partial charge in [0.25, 0.3) is 11.8 Å². The summed E-state index contributed by atoms with van der Waals surface area (Å²) in [6.07, 6.45) is 1.53. The Morgan fingerprint density at radius 2 is 1.66 bits per heavy atom. The summed E-state index contributed by atoms with van der Waals surface area (Å²) < 4.78 is 5.36. The molecule has 1 aromatic heterocycles. The third-order valence-corrected chi connectivity index (χ3v) is 5.26. The van der Waals surface area contributed by atoms with E-state index in [0.29, 0.717) is 17.0 Å². The highest BCUT2D eigenvalue weighted by Crippen LogP contribution is 2.33. The Hall–Kier alpha value is -3.60. The van der Waals surface area contributed by atoms with Crippen molar-refractivity contribution in [2.45, 2.75) is 27.3 Å². The van der Waals surface area contributed by atoms with Crippen molar-refractivity contribution < 1.29 is 14.0 Å². The topological polar surface area (TPSA) is 62.6 Å². The van der Waals surface area contributed by atoms with Crippen LogP contribution < -0.4 is 5.32 Å². The van der Waals surface area contributed by atoms with Crippen LogP contribution in [-0.4, -0.2) is 16.7 Å². The molecule has 0 bridgehead atoms. The van der Waals surface area contributed by atoms with Gasteiger partial charge in [0.1, 0.15) is 11.5 Å². The molecule has 5 heteroatoms. The fraction of sp³-hybridized carbons (Fsp3) is 0.167. The van der Waals surface area contributed by atoms with Crippen molar-refractivity contribution in [2.24, 2.45) is 0 Å². The highest BCUT2D eigenvalue weighted by molar-refractivity contribution is 6.36. The smallest absolute Gasteiger partial charge is 0.278 e. The van der Waals surface area contributed by atoms with E-state index in [1.165, 1.54) is 11.2 Å². The molecule has 0 spiro atoms. The molecule has 2 aromatic carbocycles. The largest absolute Gasteiger partial charge is 0.467 e. The standard InChI is InChI=1S/C24H22N2O3/c1-15-10-11-18(13-17(15)3)21-22(25-20-9-5-4-7-16(20)2)24(28)26(23(21)27)14-19-8-6-12-29-19/h4-13,25H,14H2,1-3H3. The van der Waals surface area contributed by atoms with Crippen molar-refractivity contribution >= 4 is 23.1 Å². The number of imide groups is 1. The maximum atomic E-state index is 13.3. The lowest BCUT2D eigenvalue weighted by Gasteiger charge is -2.14. The van der Waals surface area contributed by atoms with Crippen LogP contribution in [0.2, 0.25) is 0 Å². The van der Waals surface area contributed by atoms with Crippen molar-refractivity contribution in [3.8, 4) is 0 Å². The fourth-order valence-corrected chi connectivity index (χ4v) is 3.41. The van der Waals surface area contributed by atoms with Crippen molar-refractivity contribution in [3.05, 3.63) is 94.6 Å². The Kier molecular flexibility index (Phi) is 4.80. The van der Waals surface area contributed by atoms with Gasteiger partial charge in [0.05, 0.1) is 18.4 Å². The molecule has 0 fully saturated rings. The van der Waals surface area contributed by atoms with Gasteiger partial charge in [-0.1, -0.05) is 36.4 Å². The lowest BCUT2D eigenvalue weighted by Crippen LogP contribution is -2.31. The molecule has 29 heavy (non-hydrogen) atoms. The van der Waals surface area contributed by atoms with Gasteiger partial charge in [0.2, 0.25) is 0 Å². The van der Waals surface area contributed by atoms with E-state index in [1.807, 2.05) is 63.2 Å². The van der Waals surface area contributed by atoms with Crippen LogP contribution in [0, 0.1) is 20.8 Å². The van der Waals surface area contributed by atoms with Crippen LogP contribution in [0.1, 0.15) is 28.0 Å². The van der Waals surface area contributed by atoms with E-state index in [2.05, 4.69) is 5.32 Å². The molecule has 0 saturated heterocycles. The van der Waals surface area contributed by atoms with Crippen LogP contribution >= 0.6 is 0 Å². The van der Waals surface area contributed by atoms with Crippen LogP contribution in [0.5, 0.6) is 0 Å². The predicted molar refractivity (Wildman–Crippen MR) is 112 cm³/mol. The minimum Gasteiger partial charge on any atom is -0.467 e. The molecule has 0 radical (unpaired) electrons. The van der Waals surface area contributed by atoms with E-state index in [0.717, 1.165) is 27.9 Å². The number of rotatable bonds is 5. The zero-order valence-electron chi connectivity index (χ0n) is 16.7. The predicted octanol–water partition coefficient (Wildman–Crippen LogP) is 4.60. The first-order valence-corrected chi connectivity index (χ1v) is 9.49. The summed E-state index contributed by atoms with van der Waals surface area (Å²) in [5.41, 5.74) is 5.38. The van der Waals surface area contributed by atoms with Gasteiger partial charge in [-0.2, -0.15) is 0 Å². The minimum absolute atomic E-state index is 0.0952. The molecule has 0 atom stereocenters. The van der Waals surface area contributed by atoms with Crippen LogP contribution in [0.3, 0.4) is 0 Å². The summed E-state index contributed by atoms with van der Waals surface area (Å²) in [5.74, 6) is -0.128. The first-order valence-electron chi connectivity index (χ1n) is 9.49. The number of aryl methyl sites for hydroxylation is 3. The Morgan fingerprint density at radius 1 is 0.862 bits per heavy atom. The highest BCUT2D eigenvalue weighted by atomic mass is 16.3. The Labute approximate surface area is 169 Å². The number of hydrogen-bond donors (Lipinski definition) is 1. The molecule has 0 unspecified atom stereocenters. The summed E-state index contributed by atoms with van der Waals surface area (Å²) in [7, 11) is 0. The molecule has 1 N–H and O–H groups in total. The van der Waals surface area contributed by atoms with E-state index in [-0.39, 0.29) is 18.4 Å². The number of carbonyl (C=O) groups excluding carboxylic acids is 2. The minimum atomic E-state index is -0.358. The van der Waals surface area contributed by atoms with Gasteiger partial charge in [-0.25, -0.2) is 0 Å². The number of nitrogens with zero attached hydrogens (tertiary/aromatic N) is 1. The Bertz CT molecular complexity index is 1130. The lowest BCUT2D eigenvalue weighted by molar-refractivity contribution is -0.137. The summed E-state index contributed by atoms with van der Waals surface area (Å²) in [6.45, 7) is 6.07. The van der Waals surface area contributed by atoms with Crippen LogP contribution in [-0.2, 0) is 16.1 Å². The molecule has 146 valence electrons. The summed E-state index contributed by atoms with van der Waals surface area (Å²) >= 11 is 0. The molecule has 5 nitrogen and oxygen atoms in total. The SMILES string of the molecule is Cc1ccc(C2=C(Nc3ccccc3C)C(=O)N(Cc3ccco3)C2=O)cc1C. The maximum Gasteiger partial charge on any atom is 0.278 e. The lowest BCUT2D eigenvalue weighted by atomic mass is 9.99. The number of amides is 2. The number of para-hydroxylation sites is 1. The number of benzene rings is 2. The Morgan fingerprint density at radius 3 is 2.34 bits per heavy atom. The van der Waals surface area contributed by atoms with E-state index in [9.17, 15) is 9.59 Å². The number of furan rings is 1. The van der Waals surface area contributed by atoms with E-state index in [1.54, 1.807) is 12.1 Å². The molecule has 2 heterocycles. The first-order chi connectivity index (χ1) is 14.0. The van der Waals surface area contributed by atoms with E-state index < -0.39 is 0 Å². The van der Waals surface area contributed by atoms with Crippen LogP contribution in [0.4, 0.5) is 5.69 Å². The van der Waals surface area contributed by atoms with Gasteiger partial charge < -0.3 is 9.73 Å². The Balaban J connectivity index is 1.80. The number of anilines is 1. The number of carbonyl (C=O) groups is 2. The second-order valence-corrected chi connectivity index (χ2v) is 7.26. The molecule has 0 aliphatic carbocycles. The van der Waals surface area contributed by atoms with Gasteiger partial charge >= 0.3 is 0 Å². The summed E-state index contributed by atoms with van der Waals surface area (Å²) in [6, 6.07) is 17.0. The summed E-state index contributed by atoms with van der Waals surface area (Å²) in [4.78, 5) is 27.8. The zero-order chi connectivity index (χ0) is 20.5. The average molecular weight is 386 g/mol. The van der Waals surface area contributed by atoms with Crippen LogP contribution in [0.25, 0.3) is 5.57 Å². The van der Waals surface area contributed by atoms with E-state index >= 15 is 0 Å². The molecule has 3 aromatic rings. The fourth-order valence-electron chi connectivity index (χ4n) is 3.41. The quantitative estimate of drug-likeness (QED) is 0.651. The summed E-state index contributed by atoms with van der Waals surface area (Å²) in [5, 5.41) is 3.22. The van der Waals surface area contributed by atoms with Crippen molar-refractivity contribution in [1.29, 1.82) is 0 Å². The third kappa shape index (κ3) is 3.47. The molecule has 2 amide bonds. The van der Waals surface area contributed by atoms with Gasteiger partial charge in [0, 0.05) is 5.69 Å². The maximum absolute atomic E-state index is 13.3. The molecule has 0 saturated carbocycles. The number of nitrogens with one attached hydrogen (secondary N) is 1. The second-order valence-electron chi connectivity index (χ2n) is 7.26. The van der Waals surface area contributed by atoms with Crippen molar-refractivity contribution in [2.75, 3.05) is 5.32 Å². The third-order valence-electron chi connectivity index (χ3n) is 5.26. The van der Waals surface area contributed by atoms with Crippen molar-refractivity contribution in [3.63, 3.8) is 0 Å². The molecular weight excluding hydrogens is 364 g/mol. The highest BCUT2D eigenvalue weighted by Gasteiger charge is 2.39. The molecular formula is C24H22N2O3. The van der Waals surface area contributed by atoms with Gasteiger partial charge in [-0.05, 0) is 61.2 Å². The van der Waals surface area contributed by atoms with E-state index in [4.69, 9.17) is 4.42 Å². The second kappa shape index (κ2) is 7.43. The normalized spacial score (nSPS) is 14.1. The average Bonchev–Trinajstić information content (AvgIpc) is 3.29. The van der Waals surface area contributed by atoms with Gasteiger partial charge in [-0.15, -0.1) is 0 Å². The number of hydrogen-bond acceptors (Lipinski definition) is 4. The van der Waals surface area contributed by atoms with Gasteiger partial charge in [0.15, 0.2) is 0 Å². The molecule has 1 aliphatic heterocycles. The van der Waals surface area contributed by atoms with Gasteiger partial charge in [-0.3, -0.25) is 14.5 Å². The monoisotopic (exact) mass is 386 g/mol. The molecule has 4 rings (SSSR count). The zero-order valence-corrected chi connectivity index (χ0v) is 16.7. The van der Waals surface area contributed by atoms with Crippen LogP contribution in [0.15, 0.2) is 71.0 Å². The van der Waals surface area contributed by atoms with Crippen molar-refractivity contribution in [1.82, 2.24) is 4.90 Å². The first kappa shape index (κ1) is 18.7. The molecule has 1 aliphatic rings.